The van der Waals surface area contributed by atoms with Crippen LogP contribution in [-0.2, 0) is 16.3 Å². The largest absolute Gasteiger partial charge is 0.350 e. The molecule has 30 heavy (non-hydrogen) atoms. The van der Waals surface area contributed by atoms with Crippen LogP contribution in [0.1, 0.15) is 105 Å². The zero-order chi connectivity index (χ0) is 23.3. The topological polar surface area (TPSA) is 63.2 Å². The Morgan fingerprint density at radius 1 is 0.833 bits per heavy atom. The highest BCUT2D eigenvalue weighted by atomic mass is 32.2. The van der Waals surface area contributed by atoms with Crippen LogP contribution in [0.4, 0.5) is 0 Å². The number of carbonyl (C=O) groups excluding carboxylic acids is 1. The number of hydrogen-bond acceptors (Lipinski definition) is 3. The number of unbranched alkanes of at least 4 members (excludes halogenated alkanes) is 4. The molecule has 5 heteroatoms. The Hall–Kier alpha value is -1.36. The average molecular weight is 438 g/mol. The number of benzene rings is 1. The summed E-state index contributed by atoms with van der Waals surface area (Å²) in [7, 11) is -3.01. The van der Waals surface area contributed by atoms with Gasteiger partial charge in [-0.15, -0.1) is 0 Å². The summed E-state index contributed by atoms with van der Waals surface area (Å²) in [6.07, 6.45) is 5.96. The summed E-state index contributed by atoms with van der Waals surface area (Å²) in [4.78, 5) is 12.7. The maximum atomic E-state index is 12.7. The van der Waals surface area contributed by atoms with Crippen LogP contribution >= 0.6 is 0 Å². The Morgan fingerprint density at radius 3 is 1.77 bits per heavy atom. The molecule has 0 aliphatic carbocycles. The lowest BCUT2D eigenvalue weighted by Gasteiger charge is -2.21. The van der Waals surface area contributed by atoms with Crippen molar-refractivity contribution in [3.05, 3.63) is 33.4 Å². The molecule has 0 aromatic heterocycles. The minimum atomic E-state index is -3.01. The van der Waals surface area contributed by atoms with Gasteiger partial charge in [0.2, 0.25) is 0 Å². The van der Waals surface area contributed by atoms with Gasteiger partial charge >= 0.3 is 0 Å². The van der Waals surface area contributed by atoms with Gasteiger partial charge in [0.05, 0.1) is 10.5 Å². The van der Waals surface area contributed by atoms with E-state index < -0.39 is 14.6 Å². The minimum Gasteiger partial charge on any atom is -0.350 e. The molecule has 0 unspecified atom stereocenters. The number of amides is 1. The molecule has 0 aliphatic rings. The van der Waals surface area contributed by atoms with Crippen molar-refractivity contribution < 1.29 is 13.2 Å². The average Bonchev–Trinajstić information content (AvgIpc) is 2.60. The van der Waals surface area contributed by atoms with Gasteiger partial charge in [-0.3, -0.25) is 4.79 Å². The zero-order valence-corrected chi connectivity index (χ0v) is 21.5. The van der Waals surface area contributed by atoms with Crippen LogP contribution in [0.15, 0.2) is 0 Å². The first-order chi connectivity index (χ1) is 13.7. The van der Waals surface area contributed by atoms with Crippen molar-refractivity contribution in [3.63, 3.8) is 0 Å². The van der Waals surface area contributed by atoms with Crippen molar-refractivity contribution in [3.8, 4) is 0 Å². The van der Waals surface area contributed by atoms with Crippen LogP contribution in [0, 0.1) is 27.7 Å². The van der Waals surface area contributed by atoms with E-state index in [0.29, 0.717) is 0 Å². The van der Waals surface area contributed by atoms with E-state index in [1.165, 1.54) is 16.7 Å². The van der Waals surface area contributed by atoms with Gasteiger partial charge in [-0.2, -0.15) is 0 Å². The minimum absolute atomic E-state index is 0.0166. The second-order valence-corrected chi connectivity index (χ2v) is 12.8. The zero-order valence-electron chi connectivity index (χ0n) is 20.7. The predicted molar refractivity (Wildman–Crippen MR) is 128 cm³/mol. The number of rotatable bonds is 10. The summed E-state index contributed by atoms with van der Waals surface area (Å²) in [5.41, 5.74) is 6.80. The number of sulfone groups is 1. The Morgan fingerprint density at radius 2 is 1.30 bits per heavy atom. The van der Waals surface area contributed by atoms with Gasteiger partial charge in [0, 0.05) is 11.6 Å². The van der Waals surface area contributed by atoms with E-state index in [9.17, 15) is 13.2 Å². The molecule has 0 bridgehead atoms. The Balaban J connectivity index is 2.66. The highest BCUT2D eigenvalue weighted by Crippen LogP contribution is 2.28. The van der Waals surface area contributed by atoms with Crippen molar-refractivity contribution in [2.24, 2.45) is 0 Å². The summed E-state index contributed by atoms with van der Waals surface area (Å²) >= 11 is 0. The van der Waals surface area contributed by atoms with Crippen LogP contribution < -0.4 is 5.32 Å². The van der Waals surface area contributed by atoms with Crippen LogP contribution in [-0.4, -0.2) is 30.9 Å². The van der Waals surface area contributed by atoms with Gasteiger partial charge in [-0.05, 0) is 109 Å². The molecule has 0 heterocycles. The Labute approximate surface area is 185 Å². The maximum Gasteiger partial charge on any atom is 0.252 e. The summed E-state index contributed by atoms with van der Waals surface area (Å²) in [6.45, 7) is 17.6. The number of carbonyl (C=O) groups is 1. The molecule has 1 aromatic rings. The molecular weight excluding hydrogens is 394 g/mol. The molecule has 4 nitrogen and oxygen atoms in total. The molecule has 0 fully saturated rings. The lowest BCUT2D eigenvalue weighted by atomic mass is 9.86. The fraction of sp³-hybridized carbons (Fsp3) is 0.720. The van der Waals surface area contributed by atoms with E-state index in [2.05, 4.69) is 33.0 Å². The van der Waals surface area contributed by atoms with E-state index in [1.807, 2.05) is 13.8 Å². The Bertz CT molecular complexity index is 817. The molecule has 1 amide bonds. The fourth-order valence-electron chi connectivity index (χ4n) is 3.87. The first kappa shape index (κ1) is 26.7. The first-order valence-corrected chi connectivity index (χ1v) is 13.0. The van der Waals surface area contributed by atoms with Crippen molar-refractivity contribution in [1.82, 2.24) is 5.32 Å². The summed E-state index contributed by atoms with van der Waals surface area (Å²) in [5, 5.41) is 3.02. The van der Waals surface area contributed by atoms with E-state index in [0.717, 1.165) is 55.2 Å². The molecule has 0 spiro atoms. The van der Waals surface area contributed by atoms with Crippen molar-refractivity contribution in [2.45, 2.75) is 112 Å². The molecule has 1 N–H and O–H groups in total. The first-order valence-electron chi connectivity index (χ1n) is 11.3. The van der Waals surface area contributed by atoms with Gasteiger partial charge in [-0.1, -0.05) is 19.3 Å². The highest BCUT2D eigenvalue weighted by Gasteiger charge is 2.27. The molecule has 0 radical (unpaired) electrons. The third-order valence-electron chi connectivity index (χ3n) is 6.20. The molecule has 0 saturated heterocycles. The molecule has 172 valence electrons. The van der Waals surface area contributed by atoms with Crippen molar-refractivity contribution in [2.75, 3.05) is 5.75 Å². The molecule has 0 saturated carbocycles. The SMILES string of the molecule is Cc1c(C)c(C(=O)NC(C)C)c(C)c(C)c1CCCCCCCS(=O)(=O)C(C)(C)C. The number of hydrogen-bond donors (Lipinski definition) is 1. The van der Waals surface area contributed by atoms with Crippen LogP contribution in [0.5, 0.6) is 0 Å². The third-order valence-corrected chi connectivity index (χ3v) is 8.89. The second-order valence-electron chi connectivity index (χ2n) is 9.93. The Kier molecular flexibility index (Phi) is 9.59. The predicted octanol–water partition coefficient (Wildman–Crippen LogP) is 5.76. The van der Waals surface area contributed by atoms with E-state index in [-0.39, 0.29) is 17.7 Å². The third kappa shape index (κ3) is 6.83. The smallest absolute Gasteiger partial charge is 0.252 e. The van der Waals surface area contributed by atoms with Crippen LogP contribution in [0.3, 0.4) is 0 Å². The van der Waals surface area contributed by atoms with Crippen LogP contribution in [0.25, 0.3) is 0 Å². The van der Waals surface area contributed by atoms with E-state index >= 15 is 0 Å². The number of nitrogens with one attached hydrogen (secondary N) is 1. The normalized spacial score (nSPS) is 12.5. The standard InChI is InChI=1S/C25H43NO3S/c1-17(2)26-24(27)23-20(5)18(3)22(19(4)21(23)6)15-13-11-10-12-14-16-30(28,29)25(7,8)9/h17H,10-16H2,1-9H3,(H,26,27). The summed E-state index contributed by atoms with van der Waals surface area (Å²) in [6, 6.07) is 0.120. The lowest BCUT2D eigenvalue weighted by Crippen LogP contribution is -2.31. The molecule has 0 atom stereocenters. The lowest BCUT2D eigenvalue weighted by molar-refractivity contribution is 0.0941. The van der Waals surface area contributed by atoms with Crippen molar-refractivity contribution >= 4 is 15.7 Å². The second kappa shape index (κ2) is 10.8. The molecule has 1 rings (SSSR count). The quantitative estimate of drug-likeness (QED) is 0.473. The highest BCUT2D eigenvalue weighted by molar-refractivity contribution is 7.92. The van der Waals surface area contributed by atoms with Crippen molar-refractivity contribution in [1.29, 1.82) is 0 Å². The fourth-order valence-corrected chi connectivity index (χ4v) is 5.07. The van der Waals surface area contributed by atoms with Gasteiger partial charge in [0.1, 0.15) is 0 Å². The van der Waals surface area contributed by atoms with E-state index in [4.69, 9.17) is 0 Å². The molecule has 0 aliphatic heterocycles. The van der Waals surface area contributed by atoms with Gasteiger partial charge < -0.3 is 5.32 Å². The monoisotopic (exact) mass is 437 g/mol. The summed E-state index contributed by atoms with van der Waals surface area (Å²) < 4.78 is 23.7. The van der Waals surface area contributed by atoms with Crippen LogP contribution in [0.2, 0.25) is 0 Å². The molecule has 1 aromatic carbocycles. The maximum absolute atomic E-state index is 12.7. The molecular formula is C25H43NO3S. The van der Waals surface area contributed by atoms with E-state index in [1.54, 1.807) is 20.8 Å². The summed E-state index contributed by atoms with van der Waals surface area (Å²) in [5.74, 6) is 0.301. The van der Waals surface area contributed by atoms with Gasteiger partial charge in [0.25, 0.3) is 5.91 Å². The van der Waals surface area contributed by atoms with Gasteiger partial charge in [-0.25, -0.2) is 8.42 Å². The van der Waals surface area contributed by atoms with Gasteiger partial charge in [0.15, 0.2) is 9.84 Å².